The van der Waals surface area contributed by atoms with E-state index < -0.39 is 5.97 Å². The molecule has 1 aliphatic rings. The van der Waals surface area contributed by atoms with Crippen molar-refractivity contribution in [2.75, 3.05) is 0 Å². The topological polar surface area (TPSA) is 57.5 Å². The van der Waals surface area contributed by atoms with Crippen LogP contribution >= 0.6 is 0 Å². The minimum absolute atomic E-state index is 0.203. The van der Waals surface area contributed by atoms with E-state index in [9.17, 15) is 15.0 Å². The van der Waals surface area contributed by atoms with Gasteiger partial charge in [0.25, 0.3) is 0 Å². The lowest BCUT2D eigenvalue weighted by molar-refractivity contribution is -0.132. The first-order valence-corrected chi connectivity index (χ1v) is 7.69. The Bertz CT molecular complexity index is 680. The lowest BCUT2D eigenvalue weighted by Gasteiger charge is -2.30. The number of hydrogen-bond acceptors (Lipinski definition) is 2. The van der Waals surface area contributed by atoms with Crippen LogP contribution < -0.4 is 0 Å². The summed E-state index contributed by atoms with van der Waals surface area (Å²) in [6, 6.07) is 1.98. The summed E-state index contributed by atoms with van der Waals surface area (Å²) in [5.74, 6) is -0.489. The third kappa shape index (κ3) is 2.77. The van der Waals surface area contributed by atoms with Gasteiger partial charge in [0, 0.05) is 23.1 Å². The Balaban J connectivity index is 2.80. The van der Waals surface area contributed by atoms with Crippen molar-refractivity contribution in [2.45, 2.75) is 65.7 Å². The molecule has 1 aromatic carbocycles. The van der Waals surface area contributed by atoms with Gasteiger partial charge in [-0.05, 0) is 40.5 Å². The zero-order valence-electron chi connectivity index (χ0n) is 14.6. The molecule has 0 aromatic heterocycles. The van der Waals surface area contributed by atoms with Gasteiger partial charge < -0.3 is 10.2 Å². The van der Waals surface area contributed by atoms with Crippen molar-refractivity contribution in [1.82, 2.24) is 0 Å². The fourth-order valence-electron chi connectivity index (χ4n) is 3.17. The lowest BCUT2D eigenvalue weighted by atomic mass is 9.75. The van der Waals surface area contributed by atoms with Gasteiger partial charge >= 0.3 is 5.97 Å². The highest BCUT2D eigenvalue weighted by atomic mass is 16.4. The summed E-state index contributed by atoms with van der Waals surface area (Å²) in [5, 5.41) is 20.0. The van der Waals surface area contributed by atoms with Crippen molar-refractivity contribution < 1.29 is 15.0 Å². The second kappa shape index (κ2) is 4.87. The highest BCUT2D eigenvalue weighted by Gasteiger charge is 2.35. The highest BCUT2D eigenvalue weighted by Crippen LogP contribution is 2.48. The van der Waals surface area contributed by atoms with E-state index in [4.69, 9.17) is 0 Å². The highest BCUT2D eigenvalue weighted by molar-refractivity contribution is 6.08. The van der Waals surface area contributed by atoms with Crippen LogP contribution in [0, 0.1) is 6.92 Å². The molecule has 2 N–H and O–H groups in total. The van der Waals surface area contributed by atoms with Crippen LogP contribution in [0.4, 0.5) is 0 Å². The molecule has 0 radical (unpaired) electrons. The Morgan fingerprint density at radius 1 is 1.09 bits per heavy atom. The van der Waals surface area contributed by atoms with Gasteiger partial charge in [-0.2, -0.15) is 0 Å². The molecule has 0 unspecified atom stereocenters. The molecule has 0 spiro atoms. The van der Waals surface area contributed by atoms with Crippen molar-refractivity contribution >= 4 is 11.5 Å². The first-order valence-electron chi connectivity index (χ1n) is 7.69. The van der Waals surface area contributed by atoms with Gasteiger partial charge in [-0.1, -0.05) is 41.5 Å². The van der Waals surface area contributed by atoms with Crippen LogP contribution in [0.3, 0.4) is 0 Å². The summed E-state index contributed by atoms with van der Waals surface area (Å²) in [6.07, 6.45) is 0.536. The van der Waals surface area contributed by atoms with Gasteiger partial charge in [-0.25, -0.2) is 4.79 Å². The fraction of sp³-hybridized carbons (Fsp3) is 0.526. The SMILES string of the molecule is Cc1c(C2=C(C(=O)O)C2)cc(C(C)(C)C)c(O)c1C(C)(C)C. The molecule has 0 atom stereocenters. The minimum atomic E-state index is -0.836. The number of carboxylic acids is 1. The van der Waals surface area contributed by atoms with Crippen LogP contribution in [0.1, 0.15) is 70.2 Å². The van der Waals surface area contributed by atoms with Crippen LogP contribution in [0.25, 0.3) is 5.57 Å². The average molecular weight is 302 g/mol. The van der Waals surface area contributed by atoms with E-state index in [1.54, 1.807) is 0 Å². The Kier molecular flexibility index (Phi) is 3.67. The maximum atomic E-state index is 11.2. The molecule has 3 heteroatoms. The van der Waals surface area contributed by atoms with Crippen molar-refractivity contribution in [1.29, 1.82) is 0 Å². The molecule has 120 valence electrons. The third-order valence-electron chi connectivity index (χ3n) is 4.29. The fourth-order valence-corrected chi connectivity index (χ4v) is 3.17. The van der Waals surface area contributed by atoms with E-state index in [2.05, 4.69) is 41.5 Å². The number of aliphatic carboxylic acids is 1. The second-order valence-corrected chi connectivity index (χ2v) is 8.26. The van der Waals surface area contributed by atoms with Gasteiger partial charge in [-0.3, -0.25) is 0 Å². The maximum Gasteiger partial charge on any atom is 0.332 e. The summed E-state index contributed by atoms with van der Waals surface area (Å²) in [4.78, 5) is 11.2. The number of benzene rings is 1. The molecule has 1 aromatic rings. The number of carbonyl (C=O) groups is 1. The monoisotopic (exact) mass is 302 g/mol. The first-order chi connectivity index (χ1) is 9.85. The summed E-state index contributed by atoms with van der Waals surface area (Å²) >= 11 is 0. The molecule has 3 nitrogen and oxygen atoms in total. The Labute approximate surface area is 132 Å². The van der Waals surface area contributed by atoms with Gasteiger partial charge in [0.2, 0.25) is 0 Å². The Hall–Kier alpha value is -1.77. The van der Waals surface area contributed by atoms with Crippen LogP contribution in [0.5, 0.6) is 5.75 Å². The minimum Gasteiger partial charge on any atom is -0.507 e. The molecular weight excluding hydrogens is 276 g/mol. The van der Waals surface area contributed by atoms with Crippen LogP contribution in [-0.2, 0) is 15.6 Å². The van der Waals surface area contributed by atoms with E-state index in [-0.39, 0.29) is 10.8 Å². The van der Waals surface area contributed by atoms with E-state index in [0.717, 1.165) is 27.8 Å². The molecular formula is C19H26O3. The van der Waals surface area contributed by atoms with Gasteiger partial charge in [-0.15, -0.1) is 0 Å². The molecule has 22 heavy (non-hydrogen) atoms. The van der Waals surface area contributed by atoms with E-state index >= 15 is 0 Å². The zero-order chi connectivity index (χ0) is 17.0. The Morgan fingerprint density at radius 3 is 2.00 bits per heavy atom. The molecule has 0 fully saturated rings. The second-order valence-electron chi connectivity index (χ2n) is 8.26. The van der Waals surface area contributed by atoms with Crippen molar-refractivity contribution in [3.05, 3.63) is 33.9 Å². The number of allylic oxidation sites excluding steroid dienone is 1. The summed E-state index contributed by atoms with van der Waals surface area (Å²) in [6.45, 7) is 14.4. The smallest absolute Gasteiger partial charge is 0.332 e. The van der Waals surface area contributed by atoms with E-state index in [0.29, 0.717) is 17.7 Å². The summed E-state index contributed by atoms with van der Waals surface area (Å²) in [7, 11) is 0. The molecule has 0 amide bonds. The van der Waals surface area contributed by atoms with Crippen molar-refractivity contribution in [2.24, 2.45) is 0 Å². The molecule has 1 aliphatic carbocycles. The van der Waals surface area contributed by atoms with Crippen LogP contribution in [0.2, 0.25) is 0 Å². The summed E-state index contributed by atoms with van der Waals surface area (Å²) in [5.41, 5.74) is 4.75. The van der Waals surface area contributed by atoms with E-state index in [1.165, 1.54) is 0 Å². The third-order valence-corrected chi connectivity index (χ3v) is 4.29. The van der Waals surface area contributed by atoms with Crippen molar-refractivity contribution in [3.63, 3.8) is 0 Å². The predicted molar refractivity (Wildman–Crippen MR) is 89.4 cm³/mol. The van der Waals surface area contributed by atoms with Gasteiger partial charge in [0.1, 0.15) is 5.75 Å². The van der Waals surface area contributed by atoms with Gasteiger partial charge in [0.15, 0.2) is 0 Å². The number of phenols is 1. The largest absolute Gasteiger partial charge is 0.507 e. The van der Waals surface area contributed by atoms with Crippen LogP contribution in [0.15, 0.2) is 11.6 Å². The quantitative estimate of drug-likeness (QED) is 0.843. The maximum absolute atomic E-state index is 11.2. The number of phenolic OH excluding ortho intramolecular Hbond substituents is 1. The lowest BCUT2D eigenvalue weighted by Crippen LogP contribution is -2.19. The molecule has 2 rings (SSSR count). The molecule has 0 saturated carbocycles. The average Bonchev–Trinajstić information content (AvgIpc) is 3.05. The van der Waals surface area contributed by atoms with E-state index in [1.807, 2.05) is 13.0 Å². The normalized spacial score (nSPS) is 15.2. The number of aromatic hydroxyl groups is 1. The van der Waals surface area contributed by atoms with Gasteiger partial charge in [0.05, 0.1) is 0 Å². The Morgan fingerprint density at radius 2 is 1.64 bits per heavy atom. The number of hydrogen-bond donors (Lipinski definition) is 2. The predicted octanol–water partition coefficient (Wildman–Crippen LogP) is 4.54. The summed E-state index contributed by atoms with van der Waals surface area (Å²) < 4.78 is 0. The number of rotatable bonds is 2. The number of carboxylic acid groups (broad SMARTS) is 1. The molecule has 0 heterocycles. The van der Waals surface area contributed by atoms with Crippen molar-refractivity contribution in [3.8, 4) is 5.75 Å². The standard InChI is InChI=1S/C19H26O3/c1-10-11(12-8-13(12)17(21)22)9-14(18(2,3)4)16(20)15(10)19(5,6)7/h9,20H,8H2,1-7H3,(H,21,22). The van der Waals surface area contributed by atoms with Crippen LogP contribution in [-0.4, -0.2) is 16.2 Å². The molecule has 0 aliphatic heterocycles. The molecule has 0 bridgehead atoms. The zero-order valence-corrected chi connectivity index (χ0v) is 14.6. The molecule has 0 saturated heterocycles. The first kappa shape index (κ1) is 16.6.